The second-order valence-corrected chi connectivity index (χ2v) is 4.82. The SMILES string of the molecule is O=C(Nc1ccncc1Br)c1cccc(Br)n1. The number of hydrogen-bond acceptors (Lipinski definition) is 3. The molecule has 4 nitrogen and oxygen atoms in total. The molecule has 1 N–H and O–H groups in total. The van der Waals surface area contributed by atoms with Gasteiger partial charge in [-0.15, -0.1) is 0 Å². The van der Waals surface area contributed by atoms with Crippen LogP contribution in [-0.4, -0.2) is 15.9 Å². The topological polar surface area (TPSA) is 54.9 Å². The zero-order valence-electron chi connectivity index (χ0n) is 8.52. The lowest BCUT2D eigenvalue weighted by Gasteiger charge is -2.06. The van der Waals surface area contributed by atoms with Gasteiger partial charge in [0, 0.05) is 12.4 Å². The maximum atomic E-state index is 11.9. The molecule has 0 aromatic carbocycles. The van der Waals surface area contributed by atoms with Crippen molar-refractivity contribution in [1.29, 1.82) is 0 Å². The van der Waals surface area contributed by atoms with Crippen molar-refractivity contribution in [2.24, 2.45) is 0 Å². The van der Waals surface area contributed by atoms with Crippen molar-refractivity contribution in [3.63, 3.8) is 0 Å². The van der Waals surface area contributed by atoms with Gasteiger partial charge in [0.2, 0.25) is 0 Å². The highest BCUT2D eigenvalue weighted by Gasteiger charge is 2.09. The predicted octanol–water partition coefficient (Wildman–Crippen LogP) is 3.25. The van der Waals surface area contributed by atoms with E-state index in [0.717, 1.165) is 4.47 Å². The summed E-state index contributed by atoms with van der Waals surface area (Å²) in [6, 6.07) is 6.88. The van der Waals surface area contributed by atoms with Gasteiger partial charge in [0.05, 0.1) is 10.2 Å². The smallest absolute Gasteiger partial charge is 0.274 e. The molecule has 0 aliphatic heterocycles. The number of aromatic nitrogens is 2. The molecular weight excluding hydrogens is 350 g/mol. The fourth-order valence-corrected chi connectivity index (χ4v) is 1.89. The van der Waals surface area contributed by atoms with E-state index in [4.69, 9.17) is 0 Å². The van der Waals surface area contributed by atoms with Gasteiger partial charge in [0.1, 0.15) is 10.3 Å². The van der Waals surface area contributed by atoms with Crippen LogP contribution in [0.3, 0.4) is 0 Å². The van der Waals surface area contributed by atoms with Gasteiger partial charge in [-0.05, 0) is 50.1 Å². The zero-order valence-corrected chi connectivity index (χ0v) is 11.7. The molecule has 0 fully saturated rings. The molecule has 0 atom stereocenters. The third kappa shape index (κ3) is 3.10. The number of pyridine rings is 2. The first-order valence-electron chi connectivity index (χ1n) is 4.70. The number of rotatable bonds is 2. The fourth-order valence-electron chi connectivity index (χ4n) is 1.20. The summed E-state index contributed by atoms with van der Waals surface area (Å²) in [7, 11) is 0. The Morgan fingerprint density at radius 1 is 1.24 bits per heavy atom. The van der Waals surface area contributed by atoms with Gasteiger partial charge in [-0.1, -0.05) is 6.07 Å². The fraction of sp³-hybridized carbons (Fsp3) is 0. The first-order valence-corrected chi connectivity index (χ1v) is 6.29. The average Bonchev–Trinajstić information content (AvgIpc) is 2.32. The number of nitrogens with one attached hydrogen (secondary N) is 1. The number of amides is 1. The zero-order chi connectivity index (χ0) is 12.3. The Bertz CT molecular complexity index is 560. The van der Waals surface area contributed by atoms with Crippen molar-refractivity contribution in [2.75, 3.05) is 5.32 Å². The molecule has 17 heavy (non-hydrogen) atoms. The summed E-state index contributed by atoms with van der Waals surface area (Å²) in [5.74, 6) is -0.266. The normalized spacial score (nSPS) is 10.0. The molecule has 2 aromatic rings. The first kappa shape index (κ1) is 12.2. The lowest BCUT2D eigenvalue weighted by atomic mass is 10.3. The molecule has 86 valence electrons. The van der Waals surface area contributed by atoms with Crippen LogP contribution < -0.4 is 5.32 Å². The van der Waals surface area contributed by atoms with E-state index in [-0.39, 0.29) is 5.91 Å². The molecule has 0 aliphatic carbocycles. The number of anilines is 1. The van der Waals surface area contributed by atoms with Crippen LogP contribution in [0.25, 0.3) is 0 Å². The van der Waals surface area contributed by atoms with Crippen LogP contribution in [0.5, 0.6) is 0 Å². The van der Waals surface area contributed by atoms with Crippen LogP contribution >= 0.6 is 31.9 Å². The van der Waals surface area contributed by atoms with Crippen molar-refractivity contribution < 1.29 is 4.79 Å². The summed E-state index contributed by atoms with van der Waals surface area (Å²) < 4.78 is 1.35. The number of hydrogen-bond donors (Lipinski definition) is 1. The van der Waals surface area contributed by atoms with Crippen molar-refractivity contribution in [1.82, 2.24) is 9.97 Å². The Labute approximate surface area is 115 Å². The monoisotopic (exact) mass is 355 g/mol. The van der Waals surface area contributed by atoms with Crippen molar-refractivity contribution in [2.45, 2.75) is 0 Å². The van der Waals surface area contributed by atoms with E-state index in [2.05, 4.69) is 47.1 Å². The number of nitrogens with zero attached hydrogens (tertiary/aromatic N) is 2. The molecule has 2 aromatic heterocycles. The second-order valence-electron chi connectivity index (χ2n) is 3.16. The van der Waals surface area contributed by atoms with Crippen LogP contribution in [0.2, 0.25) is 0 Å². The lowest BCUT2D eigenvalue weighted by molar-refractivity contribution is 0.102. The molecule has 0 unspecified atom stereocenters. The molecule has 0 saturated heterocycles. The van der Waals surface area contributed by atoms with Crippen molar-refractivity contribution in [3.05, 3.63) is 51.4 Å². The Morgan fingerprint density at radius 2 is 2.06 bits per heavy atom. The van der Waals surface area contributed by atoms with Gasteiger partial charge < -0.3 is 5.32 Å². The molecule has 0 bridgehead atoms. The van der Waals surface area contributed by atoms with Gasteiger partial charge >= 0.3 is 0 Å². The van der Waals surface area contributed by atoms with Gasteiger partial charge in [-0.25, -0.2) is 4.98 Å². The molecule has 0 radical (unpaired) electrons. The van der Waals surface area contributed by atoms with Crippen molar-refractivity contribution in [3.8, 4) is 0 Å². The van der Waals surface area contributed by atoms with E-state index >= 15 is 0 Å². The highest BCUT2D eigenvalue weighted by atomic mass is 79.9. The van der Waals surface area contributed by atoms with Crippen LogP contribution in [0.4, 0.5) is 5.69 Å². The van der Waals surface area contributed by atoms with Gasteiger partial charge in [-0.2, -0.15) is 0 Å². The molecular formula is C11H7Br2N3O. The highest BCUT2D eigenvalue weighted by molar-refractivity contribution is 9.10. The summed E-state index contributed by atoms with van der Waals surface area (Å²) in [6.45, 7) is 0. The molecule has 2 rings (SSSR count). The summed E-state index contributed by atoms with van der Waals surface area (Å²) >= 11 is 6.52. The van der Waals surface area contributed by atoms with E-state index in [1.807, 2.05) is 0 Å². The van der Waals surface area contributed by atoms with Crippen LogP contribution in [0.1, 0.15) is 10.5 Å². The molecule has 0 aliphatic rings. The minimum Gasteiger partial charge on any atom is -0.319 e. The van der Waals surface area contributed by atoms with Gasteiger partial charge in [-0.3, -0.25) is 9.78 Å². The quantitative estimate of drug-likeness (QED) is 0.840. The molecule has 0 saturated carbocycles. The van der Waals surface area contributed by atoms with Crippen molar-refractivity contribution >= 4 is 43.5 Å². The number of carbonyl (C=O) groups is 1. The summed E-state index contributed by atoms with van der Waals surface area (Å²) in [5.41, 5.74) is 1.01. The second kappa shape index (κ2) is 5.37. The van der Waals surface area contributed by atoms with Crippen LogP contribution in [-0.2, 0) is 0 Å². The first-order chi connectivity index (χ1) is 8.16. The summed E-state index contributed by atoms with van der Waals surface area (Å²) in [4.78, 5) is 19.9. The average molecular weight is 357 g/mol. The maximum Gasteiger partial charge on any atom is 0.274 e. The predicted molar refractivity (Wildman–Crippen MR) is 71.8 cm³/mol. The Hall–Kier alpha value is -1.27. The van der Waals surface area contributed by atoms with E-state index in [9.17, 15) is 4.79 Å². The molecule has 2 heterocycles. The van der Waals surface area contributed by atoms with Gasteiger partial charge in [0.25, 0.3) is 5.91 Å². The lowest BCUT2D eigenvalue weighted by Crippen LogP contribution is -2.14. The van der Waals surface area contributed by atoms with Crippen LogP contribution in [0, 0.1) is 0 Å². The van der Waals surface area contributed by atoms with E-state index < -0.39 is 0 Å². The minimum absolute atomic E-state index is 0.266. The van der Waals surface area contributed by atoms with E-state index in [1.165, 1.54) is 0 Å². The number of halogens is 2. The minimum atomic E-state index is -0.266. The summed E-state index contributed by atoms with van der Waals surface area (Å²) in [5, 5.41) is 2.74. The van der Waals surface area contributed by atoms with E-state index in [0.29, 0.717) is 16.0 Å². The third-order valence-electron chi connectivity index (χ3n) is 1.97. The van der Waals surface area contributed by atoms with E-state index in [1.54, 1.807) is 36.7 Å². The Morgan fingerprint density at radius 3 is 2.76 bits per heavy atom. The Balaban J connectivity index is 2.20. The molecule has 0 spiro atoms. The number of carbonyl (C=O) groups excluding carboxylic acids is 1. The summed E-state index contributed by atoms with van der Waals surface area (Å²) in [6.07, 6.45) is 3.22. The molecule has 1 amide bonds. The van der Waals surface area contributed by atoms with Gasteiger partial charge in [0.15, 0.2) is 0 Å². The Kier molecular flexibility index (Phi) is 3.86. The molecule has 6 heteroatoms. The standard InChI is InChI=1S/C11H7Br2N3O/c12-7-6-14-5-4-8(7)16-11(17)9-2-1-3-10(13)15-9/h1-6H,(H,14,16,17). The maximum absolute atomic E-state index is 11.9. The largest absolute Gasteiger partial charge is 0.319 e. The third-order valence-corrected chi connectivity index (χ3v) is 3.04. The highest BCUT2D eigenvalue weighted by Crippen LogP contribution is 2.20. The van der Waals surface area contributed by atoms with Crippen LogP contribution in [0.15, 0.2) is 45.7 Å².